The lowest BCUT2D eigenvalue weighted by Crippen LogP contribution is -2.34. The number of nitriles is 1. The van der Waals surface area contributed by atoms with Crippen LogP contribution in [0.5, 0.6) is 5.75 Å². The molecule has 2 rings (SSSR count). The molecule has 1 amide bonds. The normalized spacial score (nSPS) is 16.0. The Balaban J connectivity index is 2.28. The highest BCUT2D eigenvalue weighted by Crippen LogP contribution is 2.34. The number of nitrogens with zero attached hydrogens (tertiary/aromatic N) is 2. The van der Waals surface area contributed by atoms with E-state index in [1.54, 1.807) is 17.0 Å². The molecule has 0 aromatic heterocycles. The van der Waals surface area contributed by atoms with E-state index in [1.165, 1.54) is 19.1 Å². The van der Waals surface area contributed by atoms with Gasteiger partial charge in [0, 0.05) is 13.0 Å². The number of rotatable bonds is 3. The molecule has 0 spiro atoms. The van der Waals surface area contributed by atoms with E-state index in [1.807, 2.05) is 0 Å². The second kappa shape index (κ2) is 4.46. The highest BCUT2D eigenvalue weighted by atomic mass is 16.3. The first-order valence-corrected chi connectivity index (χ1v) is 5.61. The van der Waals surface area contributed by atoms with Crippen LogP contribution in [0.1, 0.15) is 31.4 Å². The fraction of sp³-hybridized carbons (Fsp3) is 0.385. The van der Waals surface area contributed by atoms with Crippen LogP contribution >= 0.6 is 0 Å². The fourth-order valence-electron chi connectivity index (χ4n) is 1.96. The molecule has 1 saturated carbocycles. The van der Waals surface area contributed by atoms with E-state index in [-0.39, 0.29) is 17.7 Å². The fourth-order valence-corrected chi connectivity index (χ4v) is 1.96. The summed E-state index contributed by atoms with van der Waals surface area (Å²) in [5.41, 5.74) is 0.743. The smallest absolute Gasteiger partial charge is 0.221 e. The minimum atomic E-state index is -0.555. The van der Waals surface area contributed by atoms with Crippen molar-refractivity contribution in [1.29, 1.82) is 5.26 Å². The van der Waals surface area contributed by atoms with Crippen LogP contribution in [0.25, 0.3) is 0 Å². The highest BCUT2D eigenvalue weighted by Gasteiger charge is 2.36. The molecule has 4 nitrogen and oxygen atoms in total. The van der Waals surface area contributed by atoms with Crippen LogP contribution in [0.3, 0.4) is 0 Å². The second-order valence-corrected chi connectivity index (χ2v) is 4.28. The maximum atomic E-state index is 11.6. The molecular weight excluding hydrogens is 216 g/mol. The third-order valence-electron chi connectivity index (χ3n) is 2.91. The van der Waals surface area contributed by atoms with Crippen LogP contribution in [0.15, 0.2) is 24.3 Å². The molecular formula is C13H14N2O2. The first kappa shape index (κ1) is 11.5. The van der Waals surface area contributed by atoms with E-state index in [0.29, 0.717) is 0 Å². The average molecular weight is 230 g/mol. The lowest BCUT2D eigenvalue weighted by molar-refractivity contribution is -0.130. The molecule has 0 radical (unpaired) electrons. The van der Waals surface area contributed by atoms with E-state index >= 15 is 0 Å². The van der Waals surface area contributed by atoms with Gasteiger partial charge in [-0.05, 0) is 30.5 Å². The molecule has 1 aliphatic rings. The summed E-state index contributed by atoms with van der Waals surface area (Å²) in [7, 11) is 0. The lowest BCUT2D eigenvalue weighted by atomic mass is 10.1. The van der Waals surface area contributed by atoms with Gasteiger partial charge in [-0.25, -0.2) is 0 Å². The molecule has 1 aliphatic carbocycles. The minimum Gasteiger partial charge on any atom is -0.508 e. The predicted molar refractivity (Wildman–Crippen MR) is 62.0 cm³/mol. The molecule has 4 heteroatoms. The van der Waals surface area contributed by atoms with Crippen molar-refractivity contribution in [3.8, 4) is 11.8 Å². The third-order valence-corrected chi connectivity index (χ3v) is 2.91. The van der Waals surface area contributed by atoms with Gasteiger partial charge in [-0.15, -0.1) is 0 Å². The molecule has 0 bridgehead atoms. The van der Waals surface area contributed by atoms with Gasteiger partial charge in [0.25, 0.3) is 0 Å². The SMILES string of the molecule is CC(=O)N(C1CC1)C(C#N)c1ccc(O)cc1. The van der Waals surface area contributed by atoms with Gasteiger partial charge in [-0.1, -0.05) is 12.1 Å². The van der Waals surface area contributed by atoms with Gasteiger partial charge in [0.2, 0.25) is 5.91 Å². The van der Waals surface area contributed by atoms with Crippen LogP contribution in [0.2, 0.25) is 0 Å². The van der Waals surface area contributed by atoms with Gasteiger partial charge in [-0.2, -0.15) is 5.26 Å². The summed E-state index contributed by atoms with van der Waals surface area (Å²) in [6, 6.07) is 8.24. The van der Waals surface area contributed by atoms with Crippen molar-refractivity contribution in [2.24, 2.45) is 0 Å². The van der Waals surface area contributed by atoms with Crippen molar-refractivity contribution < 1.29 is 9.90 Å². The Bertz CT molecular complexity index is 457. The van der Waals surface area contributed by atoms with Crippen LogP contribution in [0, 0.1) is 11.3 Å². The van der Waals surface area contributed by atoms with Crippen LogP contribution in [-0.2, 0) is 4.79 Å². The summed E-state index contributed by atoms with van der Waals surface area (Å²) in [6.07, 6.45) is 1.94. The summed E-state index contributed by atoms with van der Waals surface area (Å²) in [6.45, 7) is 1.49. The quantitative estimate of drug-likeness (QED) is 0.863. The molecule has 88 valence electrons. The van der Waals surface area contributed by atoms with E-state index < -0.39 is 6.04 Å². The van der Waals surface area contributed by atoms with Crippen molar-refractivity contribution in [3.63, 3.8) is 0 Å². The first-order chi connectivity index (χ1) is 8.13. The van der Waals surface area contributed by atoms with Gasteiger partial charge in [0.15, 0.2) is 0 Å². The van der Waals surface area contributed by atoms with Crippen molar-refractivity contribution in [2.45, 2.75) is 31.8 Å². The van der Waals surface area contributed by atoms with E-state index in [4.69, 9.17) is 0 Å². The predicted octanol–water partition coefficient (Wildman–Crippen LogP) is 1.97. The number of hydrogen-bond donors (Lipinski definition) is 1. The Hall–Kier alpha value is -2.02. The Morgan fingerprint density at radius 1 is 1.47 bits per heavy atom. The molecule has 1 fully saturated rings. The number of aromatic hydroxyl groups is 1. The second-order valence-electron chi connectivity index (χ2n) is 4.28. The zero-order chi connectivity index (χ0) is 12.4. The molecule has 1 unspecified atom stereocenters. The zero-order valence-electron chi connectivity index (χ0n) is 9.63. The van der Waals surface area contributed by atoms with E-state index in [9.17, 15) is 15.2 Å². The maximum absolute atomic E-state index is 11.6. The first-order valence-electron chi connectivity index (χ1n) is 5.61. The van der Waals surface area contributed by atoms with Gasteiger partial charge >= 0.3 is 0 Å². The van der Waals surface area contributed by atoms with Crippen LogP contribution in [0.4, 0.5) is 0 Å². The van der Waals surface area contributed by atoms with Crippen molar-refractivity contribution >= 4 is 5.91 Å². The Morgan fingerprint density at radius 2 is 2.06 bits per heavy atom. The van der Waals surface area contributed by atoms with Crippen molar-refractivity contribution in [1.82, 2.24) is 4.90 Å². The molecule has 0 aliphatic heterocycles. The average Bonchev–Trinajstić information content (AvgIpc) is 3.10. The number of benzene rings is 1. The number of hydrogen-bond acceptors (Lipinski definition) is 3. The number of phenolic OH excluding ortho intramolecular Hbond substituents is 1. The Morgan fingerprint density at radius 3 is 2.47 bits per heavy atom. The number of phenols is 1. The third kappa shape index (κ3) is 2.39. The summed E-state index contributed by atoms with van der Waals surface area (Å²) < 4.78 is 0. The van der Waals surface area contributed by atoms with Crippen LogP contribution in [-0.4, -0.2) is 22.0 Å². The number of amides is 1. The van der Waals surface area contributed by atoms with Gasteiger partial charge in [0.1, 0.15) is 11.8 Å². The van der Waals surface area contributed by atoms with Gasteiger partial charge in [-0.3, -0.25) is 4.79 Å². The number of carbonyl (C=O) groups excluding carboxylic acids is 1. The van der Waals surface area contributed by atoms with Gasteiger partial charge < -0.3 is 10.0 Å². The molecule has 1 aromatic carbocycles. The minimum absolute atomic E-state index is 0.0767. The standard InChI is InChI=1S/C13H14N2O2/c1-9(16)15(11-4-5-11)13(8-14)10-2-6-12(17)7-3-10/h2-3,6-7,11,13,17H,4-5H2,1H3. The summed E-state index contributed by atoms with van der Waals surface area (Å²) >= 11 is 0. The summed E-state index contributed by atoms with van der Waals surface area (Å²) in [5.74, 6) is 0.0818. The summed E-state index contributed by atoms with van der Waals surface area (Å²) in [5, 5.41) is 18.5. The van der Waals surface area contributed by atoms with E-state index in [0.717, 1.165) is 18.4 Å². The highest BCUT2D eigenvalue weighted by molar-refractivity contribution is 5.75. The molecule has 1 atom stereocenters. The van der Waals surface area contributed by atoms with E-state index in [2.05, 4.69) is 6.07 Å². The molecule has 1 N–H and O–H groups in total. The monoisotopic (exact) mass is 230 g/mol. The molecule has 17 heavy (non-hydrogen) atoms. The largest absolute Gasteiger partial charge is 0.508 e. The zero-order valence-corrected chi connectivity index (χ0v) is 9.63. The topological polar surface area (TPSA) is 64.3 Å². The molecule has 1 aromatic rings. The van der Waals surface area contributed by atoms with Crippen molar-refractivity contribution in [2.75, 3.05) is 0 Å². The molecule has 0 saturated heterocycles. The van der Waals surface area contributed by atoms with Crippen molar-refractivity contribution in [3.05, 3.63) is 29.8 Å². The molecule has 0 heterocycles. The lowest BCUT2D eigenvalue weighted by Gasteiger charge is -2.26. The number of carbonyl (C=O) groups is 1. The Kier molecular flexibility index (Phi) is 3.01. The maximum Gasteiger partial charge on any atom is 0.221 e. The van der Waals surface area contributed by atoms with Crippen LogP contribution < -0.4 is 0 Å². The Labute approximate surface area is 100 Å². The summed E-state index contributed by atoms with van der Waals surface area (Å²) in [4.78, 5) is 13.2. The van der Waals surface area contributed by atoms with Gasteiger partial charge in [0.05, 0.1) is 6.07 Å².